The van der Waals surface area contributed by atoms with Crippen molar-refractivity contribution in [2.45, 2.75) is 31.1 Å². The van der Waals surface area contributed by atoms with Gasteiger partial charge in [-0.2, -0.15) is 4.31 Å². The summed E-state index contributed by atoms with van der Waals surface area (Å²) >= 11 is 0. The monoisotopic (exact) mass is 298 g/mol. The van der Waals surface area contributed by atoms with Crippen molar-refractivity contribution < 1.29 is 13.5 Å². The van der Waals surface area contributed by atoms with Gasteiger partial charge in [0.1, 0.15) is 0 Å². The molecule has 1 aliphatic rings. The molecule has 0 atom stereocenters. The molecule has 0 spiro atoms. The summed E-state index contributed by atoms with van der Waals surface area (Å²) in [7, 11) is -3.49. The highest BCUT2D eigenvalue weighted by Gasteiger charge is 2.30. The van der Waals surface area contributed by atoms with E-state index in [1.165, 1.54) is 4.31 Å². The van der Waals surface area contributed by atoms with E-state index in [4.69, 9.17) is 10.8 Å². The molecule has 0 aromatic heterocycles. The van der Waals surface area contributed by atoms with Gasteiger partial charge in [0.25, 0.3) is 0 Å². The smallest absolute Gasteiger partial charge is 0.243 e. The van der Waals surface area contributed by atoms with Gasteiger partial charge in [-0.3, -0.25) is 0 Å². The molecule has 1 aromatic rings. The molecule has 0 amide bonds. The highest BCUT2D eigenvalue weighted by molar-refractivity contribution is 7.89. The number of aliphatic hydroxyl groups is 1. The minimum atomic E-state index is -3.49. The van der Waals surface area contributed by atoms with Crippen LogP contribution in [0.4, 0.5) is 5.69 Å². The molecule has 1 fully saturated rings. The molecule has 1 saturated heterocycles. The maximum atomic E-state index is 12.7. The van der Waals surface area contributed by atoms with E-state index in [0.29, 0.717) is 42.9 Å². The van der Waals surface area contributed by atoms with Crippen LogP contribution in [0.1, 0.15) is 25.3 Å². The first kappa shape index (κ1) is 15.3. The van der Waals surface area contributed by atoms with E-state index < -0.39 is 10.0 Å². The van der Waals surface area contributed by atoms with Gasteiger partial charge in [-0.05, 0) is 42.9 Å². The SMILES string of the molecule is CCc1ccc(N)cc1S(=O)(=O)N1CCC(CO)CC1. The van der Waals surface area contributed by atoms with Crippen molar-refractivity contribution in [1.82, 2.24) is 4.31 Å². The summed E-state index contributed by atoms with van der Waals surface area (Å²) in [5.41, 5.74) is 6.99. The summed E-state index contributed by atoms with van der Waals surface area (Å²) in [5.74, 6) is 0.216. The number of hydrogen-bond donors (Lipinski definition) is 2. The summed E-state index contributed by atoms with van der Waals surface area (Å²) in [6.45, 7) is 2.99. The maximum Gasteiger partial charge on any atom is 0.243 e. The fraction of sp³-hybridized carbons (Fsp3) is 0.571. The second-order valence-electron chi connectivity index (χ2n) is 5.25. The lowest BCUT2D eigenvalue weighted by Gasteiger charge is -2.30. The Morgan fingerprint density at radius 3 is 2.55 bits per heavy atom. The van der Waals surface area contributed by atoms with Gasteiger partial charge >= 0.3 is 0 Å². The molecule has 3 N–H and O–H groups in total. The minimum absolute atomic E-state index is 0.131. The lowest BCUT2D eigenvalue weighted by Crippen LogP contribution is -2.39. The van der Waals surface area contributed by atoms with Gasteiger partial charge in [0.15, 0.2) is 0 Å². The Morgan fingerprint density at radius 2 is 2.00 bits per heavy atom. The zero-order chi connectivity index (χ0) is 14.8. The van der Waals surface area contributed by atoms with Crippen LogP contribution in [0.3, 0.4) is 0 Å². The fourth-order valence-corrected chi connectivity index (χ4v) is 4.37. The van der Waals surface area contributed by atoms with Crippen molar-refractivity contribution >= 4 is 15.7 Å². The molecular weight excluding hydrogens is 276 g/mol. The Hall–Kier alpha value is -1.11. The molecule has 0 radical (unpaired) electrons. The number of piperidine rings is 1. The van der Waals surface area contributed by atoms with E-state index in [1.54, 1.807) is 18.2 Å². The van der Waals surface area contributed by atoms with Crippen LogP contribution in [0.15, 0.2) is 23.1 Å². The average Bonchev–Trinajstić information content (AvgIpc) is 2.47. The number of sulfonamides is 1. The van der Waals surface area contributed by atoms with Crippen molar-refractivity contribution in [3.63, 3.8) is 0 Å². The molecule has 6 heteroatoms. The number of anilines is 1. The third-order valence-corrected chi connectivity index (χ3v) is 5.90. The highest BCUT2D eigenvalue weighted by atomic mass is 32.2. The van der Waals surface area contributed by atoms with Crippen molar-refractivity contribution in [1.29, 1.82) is 0 Å². The molecule has 0 bridgehead atoms. The second kappa shape index (κ2) is 6.11. The number of benzene rings is 1. The van der Waals surface area contributed by atoms with Crippen molar-refractivity contribution in [3.8, 4) is 0 Å². The van der Waals surface area contributed by atoms with E-state index in [1.807, 2.05) is 6.92 Å². The first-order valence-electron chi connectivity index (χ1n) is 6.98. The van der Waals surface area contributed by atoms with E-state index in [9.17, 15) is 8.42 Å². The lowest BCUT2D eigenvalue weighted by atomic mass is 10.00. The van der Waals surface area contributed by atoms with E-state index in [2.05, 4.69) is 0 Å². The highest BCUT2D eigenvalue weighted by Crippen LogP contribution is 2.27. The summed E-state index contributed by atoms with van der Waals surface area (Å²) in [6.07, 6.45) is 2.07. The third-order valence-electron chi connectivity index (χ3n) is 3.92. The lowest BCUT2D eigenvalue weighted by molar-refractivity contribution is 0.170. The zero-order valence-corrected chi connectivity index (χ0v) is 12.6. The third kappa shape index (κ3) is 2.97. The van der Waals surface area contributed by atoms with Crippen molar-refractivity contribution in [2.75, 3.05) is 25.4 Å². The summed E-state index contributed by atoms with van der Waals surface area (Å²) < 4.78 is 27.0. The van der Waals surface area contributed by atoms with Crippen LogP contribution in [0.2, 0.25) is 0 Å². The molecule has 0 unspecified atom stereocenters. The number of nitrogens with zero attached hydrogens (tertiary/aromatic N) is 1. The Kier molecular flexibility index (Phi) is 4.67. The molecule has 5 nitrogen and oxygen atoms in total. The minimum Gasteiger partial charge on any atom is -0.399 e. The quantitative estimate of drug-likeness (QED) is 0.819. The Morgan fingerprint density at radius 1 is 1.35 bits per heavy atom. The van der Waals surface area contributed by atoms with Gasteiger partial charge in [0.2, 0.25) is 10.0 Å². The van der Waals surface area contributed by atoms with Crippen LogP contribution in [0.5, 0.6) is 0 Å². The van der Waals surface area contributed by atoms with Crippen LogP contribution in [0, 0.1) is 5.92 Å². The normalized spacial score (nSPS) is 18.3. The van der Waals surface area contributed by atoms with Gasteiger partial charge in [0.05, 0.1) is 4.90 Å². The fourth-order valence-electron chi connectivity index (χ4n) is 2.57. The van der Waals surface area contributed by atoms with Crippen LogP contribution in [-0.4, -0.2) is 37.5 Å². The zero-order valence-electron chi connectivity index (χ0n) is 11.7. The summed E-state index contributed by atoms with van der Waals surface area (Å²) in [4.78, 5) is 0.322. The molecule has 2 rings (SSSR count). The number of rotatable bonds is 4. The molecule has 1 aromatic carbocycles. The number of nitrogens with two attached hydrogens (primary N) is 1. The van der Waals surface area contributed by atoms with Crippen LogP contribution < -0.4 is 5.73 Å². The van der Waals surface area contributed by atoms with Gasteiger partial charge in [-0.1, -0.05) is 13.0 Å². The maximum absolute atomic E-state index is 12.7. The standard InChI is InChI=1S/C14H22N2O3S/c1-2-12-3-4-13(15)9-14(12)20(18,19)16-7-5-11(10-17)6-8-16/h3-4,9,11,17H,2,5-8,10,15H2,1H3. The Balaban J connectivity index is 2.29. The largest absolute Gasteiger partial charge is 0.399 e. The predicted octanol–water partition coefficient (Wildman–Crippen LogP) is 1.22. The Labute approximate surface area is 120 Å². The number of hydrogen-bond acceptors (Lipinski definition) is 4. The van der Waals surface area contributed by atoms with E-state index in [-0.39, 0.29) is 12.5 Å². The topological polar surface area (TPSA) is 83.6 Å². The molecule has 20 heavy (non-hydrogen) atoms. The number of aliphatic hydroxyl groups excluding tert-OH is 1. The van der Waals surface area contributed by atoms with Gasteiger partial charge < -0.3 is 10.8 Å². The Bertz CT molecular complexity index is 564. The number of aryl methyl sites for hydroxylation is 1. The van der Waals surface area contributed by atoms with Gasteiger partial charge in [-0.25, -0.2) is 8.42 Å². The van der Waals surface area contributed by atoms with E-state index >= 15 is 0 Å². The molecule has 0 aliphatic carbocycles. The molecule has 1 aliphatic heterocycles. The van der Waals surface area contributed by atoms with Crippen LogP contribution in [-0.2, 0) is 16.4 Å². The van der Waals surface area contributed by atoms with Crippen LogP contribution >= 0.6 is 0 Å². The van der Waals surface area contributed by atoms with Crippen LogP contribution in [0.25, 0.3) is 0 Å². The molecule has 0 saturated carbocycles. The number of nitrogen functional groups attached to an aromatic ring is 1. The van der Waals surface area contributed by atoms with Crippen molar-refractivity contribution in [2.24, 2.45) is 5.92 Å². The van der Waals surface area contributed by atoms with Gasteiger partial charge in [-0.15, -0.1) is 0 Å². The first-order valence-corrected chi connectivity index (χ1v) is 8.42. The summed E-state index contributed by atoms with van der Waals surface area (Å²) in [5, 5.41) is 9.13. The molecule has 1 heterocycles. The average molecular weight is 298 g/mol. The van der Waals surface area contributed by atoms with Gasteiger partial charge in [0, 0.05) is 25.4 Å². The first-order chi connectivity index (χ1) is 9.48. The molecule has 112 valence electrons. The van der Waals surface area contributed by atoms with E-state index in [0.717, 1.165) is 5.56 Å². The predicted molar refractivity (Wildman–Crippen MR) is 78.8 cm³/mol. The van der Waals surface area contributed by atoms with Crippen molar-refractivity contribution in [3.05, 3.63) is 23.8 Å². The summed E-state index contributed by atoms with van der Waals surface area (Å²) in [6, 6.07) is 5.06. The molecular formula is C14H22N2O3S. The second-order valence-corrected chi connectivity index (χ2v) is 7.16.